The Morgan fingerprint density at radius 2 is 2.27 bits per heavy atom. The fourth-order valence-electron chi connectivity index (χ4n) is 2.18. The zero-order valence-corrected chi connectivity index (χ0v) is 12.5. The van der Waals surface area contributed by atoms with Gasteiger partial charge in [0.2, 0.25) is 0 Å². The Morgan fingerprint density at radius 1 is 1.45 bits per heavy atom. The van der Waals surface area contributed by atoms with Crippen LogP contribution in [0.2, 0.25) is 0 Å². The maximum atomic E-state index is 11.9. The maximum Gasteiger partial charge on any atom is 0.274 e. The summed E-state index contributed by atoms with van der Waals surface area (Å²) in [5.41, 5.74) is 1.73. The highest BCUT2D eigenvalue weighted by Crippen LogP contribution is 2.25. The Morgan fingerprint density at radius 3 is 3.05 bits per heavy atom. The van der Waals surface area contributed by atoms with Crippen LogP contribution in [0, 0.1) is 17.0 Å². The third kappa shape index (κ3) is 2.56. The molecule has 0 saturated heterocycles. The van der Waals surface area contributed by atoms with E-state index >= 15 is 0 Å². The van der Waals surface area contributed by atoms with E-state index in [0.717, 1.165) is 0 Å². The molecule has 0 unspecified atom stereocenters. The first-order chi connectivity index (χ1) is 10.6. The number of hydrogen-bond acceptors (Lipinski definition) is 6. The Balaban J connectivity index is 1.86. The molecule has 2 aromatic heterocycles. The number of nitro groups is 1. The van der Waals surface area contributed by atoms with Gasteiger partial charge in [-0.1, -0.05) is 6.07 Å². The summed E-state index contributed by atoms with van der Waals surface area (Å²) < 4.78 is 1.48. The number of nitrogens with one attached hydrogen (secondary N) is 1. The lowest BCUT2D eigenvalue weighted by atomic mass is 10.1. The number of anilines is 1. The van der Waals surface area contributed by atoms with E-state index < -0.39 is 4.92 Å². The smallest absolute Gasteiger partial charge is 0.274 e. The van der Waals surface area contributed by atoms with E-state index in [4.69, 9.17) is 0 Å². The molecule has 0 bridgehead atoms. The second-order valence-corrected chi connectivity index (χ2v) is 5.57. The third-order valence-corrected chi connectivity index (χ3v) is 4.07. The Bertz CT molecular complexity index is 916. The van der Waals surface area contributed by atoms with Crippen LogP contribution in [-0.4, -0.2) is 14.3 Å². The first-order valence-corrected chi connectivity index (χ1v) is 7.38. The van der Waals surface area contributed by atoms with Gasteiger partial charge in [0.1, 0.15) is 0 Å². The minimum atomic E-state index is -0.414. The molecule has 2 heterocycles. The van der Waals surface area contributed by atoms with Gasteiger partial charge in [0, 0.05) is 35.0 Å². The standard InChI is InChI=1S/C14H12N4O3S/c1-9-11(3-2-4-12(9)18(20)21)15-8-10-7-13(19)17-5-6-22-14(17)16-10/h2-7,15H,8H2,1H3. The van der Waals surface area contributed by atoms with Gasteiger partial charge in [-0.3, -0.25) is 19.3 Å². The van der Waals surface area contributed by atoms with E-state index in [-0.39, 0.29) is 11.2 Å². The summed E-state index contributed by atoms with van der Waals surface area (Å²) in [6.07, 6.45) is 1.68. The van der Waals surface area contributed by atoms with Gasteiger partial charge in [-0.25, -0.2) is 4.98 Å². The van der Waals surface area contributed by atoms with E-state index in [2.05, 4.69) is 10.3 Å². The summed E-state index contributed by atoms with van der Waals surface area (Å²) in [6, 6.07) is 6.30. The van der Waals surface area contributed by atoms with Crippen LogP contribution in [0.1, 0.15) is 11.3 Å². The summed E-state index contributed by atoms with van der Waals surface area (Å²) in [5, 5.41) is 15.8. The van der Waals surface area contributed by atoms with Gasteiger partial charge in [-0.05, 0) is 13.0 Å². The highest BCUT2D eigenvalue weighted by Gasteiger charge is 2.13. The summed E-state index contributed by atoms with van der Waals surface area (Å²) in [5.74, 6) is 0. The van der Waals surface area contributed by atoms with Crippen molar-refractivity contribution in [3.8, 4) is 0 Å². The van der Waals surface area contributed by atoms with Gasteiger partial charge in [0.25, 0.3) is 11.2 Å². The number of nitrogens with zero attached hydrogens (tertiary/aromatic N) is 3. The molecular weight excluding hydrogens is 304 g/mol. The number of rotatable bonds is 4. The van der Waals surface area contributed by atoms with Crippen LogP contribution in [0.3, 0.4) is 0 Å². The molecule has 0 saturated carbocycles. The molecule has 0 aliphatic heterocycles. The summed E-state index contributed by atoms with van der Waals surface area (Å²) in [4.78, 5) is 27.4. The SMILES string of the molecule is Cc1c(NCc2cc(=O)n3ccsc3n2)cccc1[N+](=O)[O-]. The van der Waals surface area contributed by atoms with Crippen molar-refractivity contribution in [2.75, 3.05) is 5.32 Å². The van der Waals surface area contributed by atoms with Crippen LogP contribution in [-0.2, 0) is 6.54 Å². The number of benzene rings is 1. The predicted molar refractivity (Wildman–Crippen MR) is 84.5 cm³/mol. The molecule has 8 heteroatoms. The minimum absolute atomic E-state index is 0.0618. The van der Waals surface area contributed by atoms with Crippen LogP contribution >= 0.6 is 11.3 Å². The molecule has 22 heavy (non-hydrogen) atoms. The lowest BCUT2D eigenvalue weighted by Crippen LogP contribution is -2.15. The van der Waals surface area contributed by atoms with E-state index in [1.165, 1.54) is 27.9 Å². The van der Waals surface area contributed by atoms with Gasteiger partial charge < -0.3 is 5.32 Å². The molecule has 3 aromatic rings. The van der Waals surface area contributed by atoms with E-state index in [1.807, 2.05) is 0 Å². The Hall–Kier alpha value is -2.74. The molecule has 1 aromatic carbocycles. The molecule has 0 fully saturated rings. The zero-order valence-electron chi connectivity index (χ0n) is 11.6. The largest absolute Gasteiger partial charge is 0.379 e. The summed E-state index contributed by atoms with van der Waals surface area (Å²) in [6.45, 7) is 2.01. The molecule has 0 amide bonds. The fraction of sp³-hybridized carbons (Fsp3) is 0.143. The zero-order chi connectivity index (χ0) is 15.7. The molecule has 0 aliphatic rings. The van der Waals surface area contributed by atoms with Crippen LogP contribution in [0.4, 0.5) is 11.4 Å². The molecule has 3 rings (SSSR count). The van der Waals surface area contributed by atoms with E-state index in [9.17, 15) is 14.9 Å². The Labute approximate surface area is 129 Å². The quantitative estimate of drug-likeness (QED) is 0.590. The Kier molecular flexibility index (Phi) is 3.60. The van der Waals surface area contributed by atoms with E-state index in [1.54, 1.807) is 30.6 Å². The van der Waals surface area contributed by atoms with Crippen molar-refractivity contribution in [3.05, 3.63) is 67.6 Å². The van der Waals surface area contributed by atoms with Gasteiger partial charge in [-0.15, -0.1) is 11.3 Å². The molecule has 7 nitrogen and oxygen atoms in total. The number of nitro benzene ring substituents is 1. The fourth-order valence-corrected chi connectivity index (χ4v) is 2.92. The topological polar surface area (TPSA) is 89.5 Å². The number of thiazole rings is 1. The second-order valence-electron chi connectivity index (χ2n) is 4.70. The number of fused-ring (bicyclic) bond motifs is 1. The third-order valence-electron chi connectivity index (χ3n) is 3.32. The minimum Gasteiger partial charge on any atom is -0.379 e. The van der Waals surface area contributed by atoms with Crippen molar-refractivity contribution < 1.29 is 4.92 Å². The van der Waals surface area contributed by atoms with Crippen molar-refractivity contribution in [1.82, 2.24) is 9.38 Å². The van der Waals surface area contributed by atoms with Crippen LogP contribution in [0.25, 0.3) is 4.96 Å². The highest BCUT2D eigenvalue weighted by molar-refractivity contribution is 7.15. The van der Waals surface area contributed by atoms with E-state index in [0.29, 0.717) is 28.5 Å². The number of aromatic nitrogens is 2. The monoisotopic (exact) mass is 316 g/mol. The average Bonchev–Trinajstić information content (AvgIpc) is 2.95. The maximum absolute atomic E-state index is 11.9. The van der Waals surface area contributed by atoms with Crippen molar-refractivity contribution in [2.24, 2.45) is 0 Å². The highest BCUT2D eigenvalue weighted by atomic mass is 32.1. The van der Waals surface area contributed by atoms with Gasteiger partial charge in [0.15, 0.2) is 4.96 Å². The van der Waals surface area contributed by atoms with Crippen molar-refractivity contribution in [1.29, 1.82) is 0 Å². The molecule has 0 aliphatic carbocycles. The van der Waals surface area contributed by atoms with Crippen LogP contribution in [0.5, 0.6) is 0 Å². The van der Waals surface area contributed by atoms with Gasteiger partial charge >= 0.3 is 0 Å². The molecule has 0 spiro atoms. The summed E-state index contributed by atoms with van der Waals surface area (Å²) >= 11 is 1.38. The molecule has 112 valence electrons. The molecular formula is C14H12N4O3S. The second kappa shape index (κ2) is 5.57. The first kappa shape index (κ1) is 14.2. The predicted octanol–water partition coefficient (Wildman–Crippen LogP) is 2.58. The number of hydrogen-bond donors (Lipinski definition) is 1. The van der Waals surface area contributed by atoms with Crippen molar-refractivity contribution in [3.63, 3.8) is 0 Å². The normalized spacial score (nSPS) is 10.8. The molecule has 0 atom stereocenters. The van der Waals surface area contributed by atoms with Gasteiger partial charge in [-0.2, -0.15) is 0 Å². The van der Waals surface area contributed by atoms with Gasteiger partial charge in [0.05, 0.1) is 17.2 Å². The lowest BCUT2D eigenvalue weighted by Gasteiger charge is -2.09. The lowest BCUT2D eigenvalue weighted by molar-refractivity contribution is -0.385. The first-order valence-electron chi connectivity index (χ1n) is 6.50. The van der Waals surface area contributed by atoms with Crippen LogP contribution < -0.4 is 10.9 Å². The summed E-state index contributed by atoms with van der Waals surface area (Å²) in [7, 11) is 0. The molecule has 1 N–H and O–H groups in total. The van der Waals surface area contributed by atoms with Crippen molar-refractivity contribution in [2.45, 2.75) is 13.5 Å². The van der Waals surface area contributed by atoms with Crippen molar-refractivity contribution >= 4 is 27.7 Å². The van der Waals surface area contributed by atoms with Crippen LogP contribution in [0.15, 0.2) is 40.6 Å². The molecule has 0 radical (unpaired) electrons. The average molecular weight is 316 g/mol.